The highest BCUT2D eigenvalue weighted by Gasteiger charge is 2.21. The van der Waals surface area contributed by atoms with Gasteiger partial charge in [-0.1, -0.05) is 58.3 Å². The molecule has 0 saturated carbocycles. The van der Waals surface area contributed by atoms with Crippen LogP contribution in [0.25, 0.3) is 0 Å². The van der Waals surface area contributed by atoms with Crippen molar-refractivity contribution in [3.05, 3.63) is 0 Å². The molecule has 0 bridgehead atoms. The van der Waals surface area contributed by atoms with Crippen LogP contribution in [0, 0.1) is 0 Å². The zero-order valence-corrected chi connectivity index (χ0v) is 17.7. The minimum atomic E-state index is -0.530. The fourth-order valence-electron chi connectivity index (χ4n) is 2.85. The predicted molar refractivity (Wildman–Crippen MR) is 111 cm³/mol. The molecule has 26 heavy (non-hydrogen) atoms. The van der Waals surface area contributed by atoms with Crippen molar-refractivity contribution >= 4 is 24.3 Å². The quantitative estimate of drug-likeness (QED) is 0.282. The molecule has 0 aliphatic carbocycles. The van der Waals surface area contributed by atoms with Crippen molar-refractivity contribution in [3.63, 3.8) is 0 Å². The second-order valence-corrected chi connectivity index (χ2v) is 6.74. The molecule has 3 N–H and O–H groups in total. The molecule has 156 valence electrons. The molecule has 5 nitrogen and oxygen atoms in total. The molecule has 0 saturated heterocycles. The van der Waals surface area contributed by atoms with Gasteiger partial charge in [-0.15, -0.1) is 12.4 Å². The molecule has 6 heteroatoms. The molecular formula is C20H41ClN2O3. The van der Waals surface area contributed by atoms with E-state index in [1.807, 2.05) is 0 Å². The zero-order valence-electron chi connectivity index (χ0n) is 16.9. The minimum absolute atomic E-state index is 0. The van der Waals surface area contributed by atoms with Gasteiger partial charge >= 0.3 is 5.97 Å². The average molecular weight is 393 g/mol. The number of hydrogen-bond acceptors (Lipinski definition) is 4. The zero-order chi connectivity index (χ0) is 18.8. The van der Waals surface area contributed by atoms with Crippen molar-refractivity contribution in [1.82, 2.24) is 5.32 Å². The summed E-state index contributed by atoms with van der Waals surface area (Å²) < 4.78 is 5.05. The average Bonchev–Trinajstić information content (AvgIpc) is 2.59. The highest BCUT2D eigenvalue weighted by atomic mass is 35.5. The highest BCUT2D eigenvalue weighted by molar-refractivity contribution is 5.85. The number of unbranched alkanes of at least 4 members (excludes halogenated alkanes) is 9. The topological polar surface area (TPSA) is 81.4 Å². The number of esters is 1. The number of nitrogens with one attached hydrogen (secondary N) is 1. The van der Waals surface area contributed by atoms with Crippen LogP contribution in [0.4, 0.5) is 0 Å². The van der Waals surface area contributed by atoms with Crippen molar-refractivity contribution in [2.24, 2.45) is 5.73 Å². The van der Waals surface area contributed by atoms with Gasteiger partial charge in [0, 0.05) is 6.42 Å². The Bertz CT molecular complexity index is 341. The molecule has 0 aromatic rings. The second kappa shape index (κ2) is 20.5. The van der Waals surface area contributed by atoms with Crippen molar-refractivity contribution in [1.29, 1.82) is 0 Å². The van der Waals surface area contributed by atoms with E-state index in [4.69, 9.17) is 10.5 Å². The van der Waals surface area contributed by atoms with E-state index < -0.39 is 6.04 Å². The third-order valence-electron chi connectivity index (χ3n) is 4.36. The van der Waals surface area contributed by atoms with E-state index in [-0.39, 0.29) is 24.3 Å². The van der Waals surface area contributed by atoms with Gasteiger partial charge in [-0.2, -0.15) is 0 Å². The Morgan fingerprint density at radius 3 is 2.00 bits per heavy atom. The fraction of sp³-hybridized carbons (Fsp3) is 0.900. The number of halogens is 1. The molecule has 0 heterocycles. The van der Waals surface area contributed by atoms with E-state index in [1.165, 1.54) is 44.9 Å². The highest BCUT2D eigenvalue weighted by Crippen LogP contribution is 2.11. The Kier molecular flexibility index (Phi) is 21.6. The summed E-state index contributed by atoms with van der Waals surface area (Å²) in [7, 11) is 0. The number of carbonyl (C=O) groups is 2. The Labute approximate surface area is 166 Å². The maximum atomic E-state index is 12.1. The van der Waals surface area contributed by atoms with Crippen LogP contribution < -0.4 is 11.1 Å². The van der Waals surface area contributed by atoms with Gasteiger partial charge in [-0.3, -0.25) is 4.79 Å². The monoisotopic (exact) mass is 392 g/mol. The van der Waals surface area contributed by atoms with Gasteiger partial charge in [-0.05, 0) is 39.2 Å². The van der Waals surface area contributed by atoms with E-state index >= 15 is 0 Å². The van der Waals surface area contributed by atoms with Gasteiger partial charge < -0.3 is 15.8 Å². The van der Waals surface area contributed by atoms with Crippen LogP contribution in [-0.2, 0) is 14.3 Å². The van der Waals surface area contributed by atoms with Crippen LogP contribution in [0.1, 0.15) is 97.3 Å². The van der Waals surface area contributed by atoms with E-state index in [2.05, 4.69) is 12.2 Å². The van der Waals surface area contributed by atoms with Gasteiger partial charge in [0.05, 0.1) is 6.61 Å². The molecule has 1 amide bonds. The third-order valence-corrected chi connectivity index (χ3v) is 4.36. The molecule has 0 aromatic heterocycles. The van der Waals surface area contributed by atoms with Crippen LogP contribution in [-0.4, -0.2) is 31.1 Å². The third kappa shape index (κ3) is 16.6. The first-order valence-electron chi connectivity index (χ1n) is 10.3. The van der Waals surface area contributed by atoms with Crippen molar-refractivity contribution in [2.75, 3.05) is 13.2 Å². The summed E-state index contributed by atoms with van der Waals surface area (Å²) in [5, 5.41) is 2.83. The van der Waals surface area contributed by atoms with Crippen LogP contribution in [0.15, 0.2) is 0 Å². The van der Waals surface area contributed by atoms with Gasteiger partial charge in [0.15, 0.2) is 0 Å². The fourth-order valence-corrected chi connectivity index (χ4v) is 2.85. The first kappa shape index (κ1) is 27.4. The standard InChI is InChI=1S/C20H40N2O3.ClH/c1-3-5-6-7-8-9-10-11-12-16-19(23)22-18(15-13-14-17-21)20(24)25-4-2;/h18H,3-17,21H2,1-2H3,(H,22,23);1H/t18-;/m0./s1. The van der Waals surface area contributed by atoms with E-state index in [9.17, 15) is 9.59 Å². The molecule has 0 unspecified atom stereocenters. The summed E-state index contributed by atoms with van der Waals surface area (Å²) in [6.45, 7) is 4.94. The van der Waals surface area contributed by atoms with Gasteiger partial charge in [0.1, 0.15) is 6.04 Å². The predicted octanol–water partition coefficient (Wildman–Crippen LogP) is 4.51. The number of rotatable bonds is 17. The summed E-state index contributed by atoms with van der Waals surface area (Å²) in [5.41, 5.74) is 5.49. The number of ether oxygens (including phenoxy) is 1. The lowest BCUT2D eigenvalue weighted by atomic mass is 10.1. The lowest BCUT2D eigenvalue weighted by Crippen LogP contribution is -2.41. The Morgan fingerprint density at radius 1 is 0.885 bits per heavy atom. The Hall–Kier alpha value is -0.810. The van der Waals surface area contributed by atoms with Gasteiger partial charge in [-0.25, -0.2) is 4.79 Å². The van der Waals surface area contributed by atoms with Crippen molar-refractivity contribution in [3.8, 4) is 0 Å². The molecule has 0 aromatic carbocycles. The van der Waals surface area contributed by atoms with E-state index in [0.717, 1.165) is 25.7 Å². The summed E-state index contributed by atoms with van der Waals surface area (Å²) in [6.07, 6.45) is 13.8. The molecule has 0 spiro atoms. The molecule has 0 aliphatic rings. The summed E-state index contributed by atoms with van der Waals surface area (Å²) in [5.74, 6) is -0.381. The first-order valence-corrected chi connectivity index (χ1v) is 10.3. The van der Waals surface area contributed by atoms with Crippen LogP contribution in [0.2, 0.25) is 0 Å². The largest absolute Gasteiger partial charge is 0.464 e. The molecule has 1 atom stereocenters. The molecule has 0 fully saturated rings. The number of hydrogen-bond donors (Lipinski definition) is 2. The SMILES string of the molecule is CCCCCCCCCCCC(=O)N[C@@H](CCCCN)C(=O)OCC.Cl. The van der Waals surface area contributed by atoms with Crippen molar-refractivity contribution < 1.29 is 14.3 Å². The van der Waals surface area contributed by atoms with Gasteiger partial charge in [0.25, 0.3) is 0 Å². The van der Waals surface area contributed by atoms with Crippen molar-refractivity contribution in [2.45, 2.75) is 103 Å². The smallest absolute Gasteiger partial charge is 0.328 e. The lowest BCUT2D eigenvalue weighted by molar-refractivity contribution is -0.147. The van der Waals surface area contributed by atoms with E-state index in [1.54, 1.807) is 6.92 Å². The first-order chi connectivity index (χ1) is 12.2. The van der Waals surface area contributed by atoms with E-state index in [0.29, 0.717) is 26.0 Å². The minimum Gasteiger partial charge on any atom is -0.464 e. The lowest BCUT2D eigenvalue weighted by Gasteiger charge is -2.17. The number of amides is 1. The Balaban J connectivity index is 0. The summed E-state index contributed by atoms with van der Waals surface area (Å²) >= 11 is 0. The normalized spacial score (nSPS) is 11.5. The van der Waals surface area contributed by atoms with Crippen LogP contribution in [0.3, 0.4) is 0 Å². The number of nitrogens with two attached hydrogens (primary N) is 1. The molecule has 0 rings (SSSR count). The summed E-state index contributed by atoms with van der Waals surface area (Å²) in [6, 6.07) is -0.530. The molecule has 0 aliphatic heterocycles. The maximum absolute atomic E-state index is 12.1. The maximum Gasteiger partial charge on any atom is 0.328 e. The number of carbonyl (C=O) groups excluding carboxylic acids is 2. The molecule has 0 radical (unpaired) electrons. The van der Waals surface area contributed by atoms with Gasteiger partial charge in [0.2, 0.25) is 5.91 Å². The molecular weight excluding hydrogens is 352 g/mol. The van der Waals surface area contributed by atoms with Crippen LogP contribution >= 0.6 is 12.4 Å². The summed E-state index contributed by atoms with van der Waals surface area (Å²) in [4.78, 5) is 24.0. The second-order valence-electron chi connectivity index (χ2n) is 6.74. The van der Waals surface area contributed by atoms with Crippen LogP contribution in [0.5, 0.6) is 0 Å². The Morgan fingerprint density at radius 2 is 1.46 bits per heavy atom.